The molecule has 2 aromatic carbocycles. The number of carbonyl (C=O) groups excluding carboxylic acids is 6. The molecule has 3 aliphatic rings. The summed E-state index contributed by atoms with van der Waals surface area (Å²) in [6.07, 6.45) is 8.82. The quantitative estimate of drug-likeness (QED) is 0.0239. The van der Waals surface area contributed by atoms with E-state index in [9.17, 15) is 39.0 Å². The highest BCUT2D eigenvalue weighted by Gasteiger charge is 2.51. The van der Waals surface area contributed by atoms with Crippen LogP contribution in [-0.2, 0) is 52.9 Å². The molecule has 0 aromatic heterocycles. The number of amides is 6. The Hall–Kier alpha value is -7.54. The second-order valence-electron chi connectivity index (χ2n) is 21.1. The summed E-state index contributed by atoms with van der Waals surface area (Å²) >= 11 is 0. The zero-order valence-corrected chi connectivity index (χ0v) is 45.9. The first kappa shape index (κ1) is 63.3. The molecule has 80 heavy (non-hydrogen) atoms. The van der Waals surface area contributed by atoms with Gasteiger partial charge in [-0.15, -0.1) is 0 Å². The van der Waals surface area contributed by atoms with Crippen LogP contribution in [0.5, 0.6) is 0 Å². The third kappa shape index (κ3) is 19.7. The normalized spacial score (nSPS) is 19.3. The zero-order chi connectivity index (χ0) is 58.1. The summed E-state index contributed by atoms with van der Waals surface area (Å²) in [6.45, 7) is 0.315. The van der Waals surface area contributed by atoms with Crippen LogP contribution in [0.2, 0.25) is 0 Å². The molecule has 2 fully saturated rings. The van der Waals surface area contributed by atoms with Gasteiger partial charge in [-0.1, -0.05) is 86.7 Å². The fourth-order valence-electron chi connectivity index (χ4n) is 11.0. The summed E-state index contributed by atoms with van der Waals surface area (Å²) in [6, 6.07) is 10.1. The van der Waals surface area contributed by atoms with Crippen LogP contribution in [0, 0.1) is 11.8 Å². The molecule has 2 aliphatic heterocycles. The molecule has 0 bridgehead atoms. The molecule has 0 spiro atoms. The Bertz CT molecular complexity index is 2470. The number of aliphatic carboxylic acids is 1. The molecule has 9 atom stereocenters. The molecular weight excluding hydrogens is 1030 g/mol. The number of unbranched alkanes of at least 4 members (excludes halogenated alkanes) is 3. The first-order valence-electron chi connectivity index (χ1n) is 28.1. The average Bonchev–Trinajstić information content (AvgIpc) is 4.02. The van der Waals surface area contributed by atoms with Crippen molar-refractivity contribution in [2.24, 2.45) is 66.9 Å². The van der Waals surface area contributed by atoms with Crippen LogP contribution in [-0.4, -0.2) is 154 Å². The Balaban J connectivity index is 1.24. The van der Waals surface area contributed by atoms with Crippen LogP contribution in [0.1, 0.15) is 119 Å². The van der Waals surface area contributed by atoms with Gasteiger partial charge in [0.05, 0.1) is 12.6 Å². The van der Waals surface area contributed by atoms with E-state index in [1.54, 1.807) is 4.90 Å². The maximum Gasteiger partial charge on any atom is 0.326 e. The fraction of sp³-hybridized carbons (Fsp3) is 0.600. The summed E-state index contributed by atoms with van der Waals surface area (Å²) in [5, 5.41) is 32.2. The molecule has 2 heterocycles. The number of aliphatic imine (C=N–C) groups is 3. The van der Waals surface area contributed by atoms with E-state index in [0.29, 0.717) is 83.7 Å². The van der Waals surface area contributed by atoms with Crippen LogP contribution >= 0.6 is 0 Å². The van der Waals surface area contributed by atoms with E-state index < -0.39 is 84.3 Å². The number of nitrogens with two attached hydrogens (primary N) is 7. The fourth-order valence-corrected chi connectivity index (χ4v) is 11.0. The highest BCUT2D eigenvalue weighted by atomic mass is 16.4. The average molecular weight is 1120 g/mol. The highest BCUT2D eigenvalue weighted by Crippen LogP contribution is 2.41. The van der Waals surface area contributed by atoms with E-state index in [1.807, 2.05) is 54.6 Å². The summed E-state index contributed by atoms with van der Waals surface area (Å²) < 4.78 is 0. The van der Waals surface area contributed by atoms with E-state index in [0.717, 1.165) is 36.0 Å². The number of hydrogen-bond donors (Lipinski definition) is 13. The minimum atomic E-state index is -1.41. The molecule has 0 radical (unpaired) electrons. The monoisotopic (exact) mass is 1110 g/mol. The van der Waals surface area contributed by atoms with Gasteiger partial charge in [0.15, 0.2) is 17.9 Å². The molecule has 440 valence electrons. The molecule has 1 aliphatic carbocycles. The van der Waals surface area contributed by atoms with E-state index >= 15 is 4.79 Å². The number of nitrogens with one attached hydrogen (secondary N) is 4. The second-order valence-corrected chi connectivity index (χ2v) is 21.1. The Labute approximate surface area is 468 Å². The standard InChI is InChI=1S/C55H86N16O9/c56-39(21-12-26-64-53(57)58)47(74)67-40(22-13-27-65-54(59)60)48(75)63-25-11-2-1-6-19-37(29-34-15-4-3-5-16-34)46(73)69-42(33-72)50(77)70-32-38-20-8-7-17-35(38)30-45(70)51(78)71-43-24-10-9-18-36(43)31-44(71)49(76)68-41(52(79)80)23-14-28-66-55(61)62/h3-5,7-8,15-17,20,36-37,39-45,72H,1-2,6,9-14,18-19,21-33,56H2,(H,63,75)(H,67,74)(H,68,76)(H,69,73)(H,79,80)(H4,57,58,64)(H4,59,60,65)(H4,61,62,66). The van der Waals surface area contributed by atoms with Gasteiger partial charge in [-0.25, -0.2) is 4.79 Å². The van der Waals surface area contributed by atoms with Crippen molar-refractivity contribution in [2.45, 2.75) is 164 Å². The van der Waals surface area contributed by atoms with Gasteiger partial charge >= 0.3 is 5.97 Å². The van der Waals surface area contributed by atoms with Gasteiger partial charge < -0.3 is 81.4 Å². The van der Waals surface area contributed by atoms with Crippen molar-refractivity contribution >= 4 is 59.3 Å². The number of carboxylic acid groups (broad SMARTS) is 1. The smallest absolute Gasteiger partial charge is 0.326 e. The lowest BCUT2D eigenvalue weighted by atomic mass is 9.84. The number of nitrogens with zero attached hydrogens (tertiary/aromatic N) is 5. The lowest BCUT2D eigenvalue weighted by molar-refractivity contribution is -0.153. The van der Waals surface area contributed by atoms with Crippen molar-refractivity contribution in [2.75, 3.05) is 32.8 Å². The third-order valence-corrected chi connectivity index (χ3v) is 15.2. The Morgan fingerprint density at radius 1 is 0.625 bits per heavy atom. The lowest BCUT2D eigenvalue weighted by Gasteiger charge is -2.42. The number of guanidine groups is 3. The number of carboxylic acids is 1. The van der Waals surface area contributed by atoms with Crippen molar-refractivity contribution in [1.29, 1.82) is 0 Å². The van der Waals surface area contributed by atoms with E-state index in [1.165, 1.54) is 4.90 Å². The number of aliphatic hydroxyl groups is 1. The SMILES string of the molecule is NC(N)=NCCCC(N)C(=O)NC(CCCN=C(N)N)C(=O)NCCCCCCC(Cc1ccccc1)C(=O)NC(CO)C(=O)N1Cc2ccccc2CC1C(=O)N1C(C(=O)NC(CCCN=C(N)N)C(=O)O)CC2CCCCC21. The molecule has 20 N–H and O–H groups in total. The van der Waals surface area contributed by atoms with Gasteiger partial charge in [0, 0.05) is 51.1 Å². The van der Waals surface area contributed by atoms with Gasteiger partial charge in [0.1, 0.15) is 30.2 Å². The summed E-state index contributed by atoms with van der Waals surface area (Å²) in [5.74, 6) is -5.15. The Morgan fingerprint density at radius 2 is 1.21 bits per heavy atom. The van der Waals surface area contributed by atoms with Crippen LogP contribution in [0.3, 0.4) is 0 Å². The third-order valence-electron chi connectivity index (χ3n) is 15.2. The zero-order valence-electron chi connectivity index (χ0n) is 45.9. The van der Waals surface area contributed by atoms with Crippen molar-refractivity contribution in [1.82, 2.24) is 31.1 Å². The molecule has 2 aromatic rings. The summed E-state index contributed by atoms with van der Waals surface area (Å²) in [4.78, 5) is 112. The van der Waals surface area contributed by atoms with Gasteiger partial charge in [0.2, 0.25) is 35.4 Å². The molecule has 9 unspecified atom stereocenters. The van der Waals surface area contributed by atoms with Crippen LogP contribution < -0.4 is 61.4 Å². The molecule has 1 saturated heterocycles. The number of aliphatic hydroxyl groups excluding tert-OH is 1. The van der Waals surface area contributed by atoms with Gasteiger partial charge in [-0.05, 0) is 99.7 Å². The predicted molar refractivity (Wildman–Crippen MR) is 303 cm³/mol. The topological polar surface area (TPSA) is 434 Å². The molecule has 6 amide bonds. The number of carbonyl (C=O) groups is 7. The molecule has 25 nitrogen and oxygen atoms in total. The Morgan fingerprint density at radius 3 is 1.85 bits per heavy atom. The van der Waals surface area contributed by atoms with Crippen molar-refractivity contribution in [3.63, 3.8) is 0 Å². The number of rotatable bonds is 32. The number of hydrogen-bond acceptors (Lipinski definition) is 12. The highest BCUT2D eigenvalue weighted by molar-refractivity contribution is 5.96. The number of fused-ring (bicyclic) bond motifs is 2. The second kappa shape index (κ2) is 32.5. The number of likely N-dealkylation sites (tertiary alicyclic amines) is 1. The maximum absolute atomic E-state index is 15.3. The lowest BCUT2D eigenvalue weighted by Crippen LogP contribution is -2.62. The maximum atomic E-state index is 15.3. The minimum Gasteiger partial charge on any atom is -0.480 e. The minimum absolute atomic E-state index is 0.00698. The van der Waals surface area contributed by atoms with Crippen molar-refractivity contribution < 1.29 is 43.8 Å². The van der Waals surface area contributed by atoms with Crippen LogP contribution in [0.25, 0.3) is 0 Å². The predicted octanol–water partition coefficient (Wildman–Crippen LogP) is -0.955. The number of benzene rings is 2. The van der Waals surface area contributed by atoms with Gasteiger partial charge in [-0.2, -0.15) is 0 Å². The van der Waals surface area contributed by atoms with Gasteiger partial charge in [0.25, 0.3) is 0 Å². The molecular formula is C55H86N16O9. The molecule has 1 saturated carbocycles. The molecule has 5 rings (SSSR count). The van der Waals surface area contributed by atoms with Crippen LogP contribution in [0.15, 0.2) is 69.6 Å². The Kier molecular flexibility index (Phi) is 25.7. The first-order chi connectivity index (χ1) is 38.4. The summed E-state index contributed by atoms with van der Waals surface area (Å²) in [5.41, 5.74) is 41.2. The first-order valence-corrected chi connectivity index (χ1v) is 28.1. The van der Waals surface area contributed by atoms with Crippen LogP contribution in [0.4, 0.5) is 0 Å². The van der Waals surface area contributed by atoms with Crippen molar-refractivity contribution in [3.05, 3.63) is 71.3 Å². The van der Waals surface area contributed by atoms with Crippen molar-refractivity contribution in [3.8, 4) is 0 Å². The van der Waals surface area contributed by atoms with E-state index in [-0.39, 0.29) is 81.1 Å². The molecule has 25 heteroatoms. The van der Waals surface area contributed by atoms with E-state index in [4.69, 9.17) is 40.1 Å². The van der Waals surface area contributed by atoms with E-state index in [2.05, 4.69) is 36.2 Å². The largest absolute Gasteiger partial charge is 0.480 e. The summed E-state index contributed by atoms with van der Waals surface area (Å²) in [7, 11) is 0. The van der Waals surface area contributed by atoms with Gasteiger partial charge in [-0.3, -0.25) is 43.7 Å².